The first kappa shape index (κ1) is 18.5. The molecule has 0 rings (SSSR count). The minimum absolute atomic E-state index is 0. The van der Waals surface area contributed by atoms with Crippen molar-refractivity contribution in [3.8, 4) is 0 Å². The Hall–Kier alpha value is 1.69. The molecule has 70 valence electrons. The summed E-state index contributed by atoms with van der Waals surface area (Å²) in [7, 11) is 11.3. The van der Waals surface area contributed by atoms with E-state index in [9.17, 15) is 0 Å². The fraction of sp³-hybridized carbons (Fsp3) is 1.00. The van der Waals surface area contributed by atoms with Crippen LogP contribution in [0.5, 0.6) is 0 Å². The van der Waals surface area contributed by atoms with Gasteiger partial charge in [0.15, 0.2) is 0 Å². The van der Waals surface area contributed by atoms with Gasteiger partial charge in [0.05, 0.1) is 0 Å². The van der Waals surface area contributed by atoms with Crippen LogP contribution in [0.3, 0.4) is 0 Å². The van der Waals surface area contributed by atoms with Gasteiger partial charge < -0.3 is 0 Å². The zero-order valence-corrected chi connectivity index (χ0v) is 11.0. The zero-order valence-electron chi connectivity index (χ0n) is 6.69. The number of halogens is 4. The summed E-state index contributed by atoms with van der Waals surface area (Å²) >= 11 is -1.27. The molecule has 0 bridgehead atoms. The molecule has 0 amide bonds. The maximum absolute atomic E-state index is 5.66. The lowest BCUT2D eigenvalue weighted by molar-refractivity contribution is 0.701. The summed E-state index contributed by atoms with van der Waals surface area (Å²) in [5.74, 6) is 0. The largest absolute Gasteiger partial charge is 0.519 e. The topological polar surface area (TPSA) is 0 Å². The molecule has 0 radical (unpaired) electrons. The zero-order chi connectivity index (χ0) is 7.11. The van der Waals surface area contributed by atoms with Crippen LogP contribution in [0.1, 0.15) is 32.6 Å². The van der Waals surface area contributed by atoms with E-state index >= 15 is 0 Å². The van der Waals surface area contributed by atoms with E-state index in [0.29, 0.717) is 0 Å². The van der Waals surface area contributed by atoms with Crippen LogP contribution in [0.4, 0.5) is 0 Å². The summed E-state index contributed by atoms with van der Waals surface area (Å²) in [6.45, 7) is 2.20. The third-order valence-corrected chi connectivity index (χ3v) is 3.43. The van der Waals surface area contributed by atoms with Crippen LogP contribution in [-0.2, 0) is 0 Å². The van der Waals surface area contributed by atoms with E-state index in [2.05, 4.69) is 6.92 Å². The Balaban J connectivity index is -0.000000320. The SMILES string of the molecule is CCCCC[CH2][Al]([Cl])[Cl].Cl.Cl. The van der Waals surface area contributed by atoms with Gasteiger partial charge in [-0.15, -0.1) is 24.8 Å². The second kappa shape index (κ2) is 14.2. The smallest absolute Gasteiger partial charge is 0.234 e. The Labute approximate surface area is 94.6 Å². The molecule has 0 saturated carbocycles. The van der Waals surface area contributed by atoms with E-state index in [-0.39, 0.29) is 24.8 Å². The van der Waals surface area contributed by atoms with Crippen molar-refractivity contribution in [1.82, 2.24) is 0 Å². The van der Waals surface area contributed by atoms with Crippen molar-refractivity contribution in [1.29, 1.82) is 0 Å². The van der Waals surface area contributed by atoms with Crippen LogP contribution < -0.4 is 0 Å². The molecule has 0 nitrogen and oxygen atoms in total. The first-order chi connectivity index (χ1) is 4.27. The summed E-state index contributed by atoms with van der Waals surface area (Å²) in [4.78, 5) is 0. The lowest BCUT2D eigenvalue weighted by atomic mass is 10.2. The molecular weight excluding hydrogens is 241 g/mol. The molecular formula is C6H15AlCl4. The Morgan fingerprint density at radius 2 is 1.55 bits per heavy atom. The highest BCUT2D eigenvalue weighted by Crippen LogP contribution is 2.10. The third kappa shape index (κ3) is 18.6. The Morgan fingerprint density at radius 3 is 1.91 bits per heavy atom. The predicted octanol–water partition coefficient (Wildman–Crippen LogP) is 4.38. The van der Waals surface area contributed by atoms with Crippen LogP contribution in [0.15, 0.2) is 0 Å². The van der Waals surface area contributed by atoms with Crippen molar-refractivity contribution < 1.29 is 0 Å². The summed E-state index contributed by atoms with van der Waals surface area (Å²) in [5.41, 5.74) is 0. The summed E-state index contributed by atoms with van der Waals surface area (Å²) in [5, 5.41) is 1.09. The number of rotatable bonds is 5. The minimum atomic E-state index is -1.27. The van der Waals surface area contributed by atoms with Gasteiger partial charge in [0.25, 0.3) is 0 Å². The van der Waals surface area contributed by atoms with Crippen molar-refractivity contribution in [2.24, 2.45) is 0 Å². The van der Waals surface area contributed by atoms with Gasteiger partial charge in [-0.25, -0.2) is 20.1 Å². The third-order valence-electron chi connectivity index (χ3n) is 1.28. The maximum Gasteiger partial charge on any atom is 0.519 e. The average Bonchev–Trinajstić information content (AvgIpc) is 1.80. The molecule has 0 unspecified atom stereocenters. The Bertz CT molecular complexity index is 60.5. The molecule has 0 aromatic rings. The van der Waals surface area contributed by atoms with Gasteiger partial charge in [-0.1, -0.05) is 37.9 Å². The van der Waals surface area contributed by atoms with Crippen LogP contribution >= 0.6 is 44.9 Å². The highest BCUT2D eigenvalue weighted by Gasteiger charge is 2.08. The van der Waals surface area contributed by atoms with E-state index in [1.165, 1.54) is 25.7 Å². The van der Waals surface area contributed by atoms with Crippen LogP contribution in [0.2, 0.25) is 5.28 Å². The van der Waals surface area contributed by atoms with Gasteiger partial charge in [-0.3, -0.25) is 0 Å². The van der Waals surface area contributed by atoms with E-state index < -0.39 is 12.3 Å². The van der Waals surface area contributed by atoms with Crippen molar-refractivity contribution in [2.75, 3.05) is 0 Å². The van der Waals surface area contributed by atoms with Gasteiger partial charge in [-0.2, -0.15) is 0 Å². The maximum atomic E-state index is 5.66. The molecule has 0 N–H and O–H groups in total. The first-order valence-electron chi connectivity index (χ1n) is 3.55. The van der Waals surface area contributed by atoms with Crippen LogP contribution in [0, 0.1) is 0 Å². The van der Waals surface area contributed by atoms with Gasteiger partial charge in [0, 0.05) is 0 Å². The van der Waals surface area contributed by atoms with E-state index in [1.54, 1.807) is 0 Å². The highest BCUT2D eigenvalue weighted by atomic mass is 35.7. The fourth-order valence-corrected chi connectivity index (χ4v) is 2.25. The molecule has 11 heavy (non-hydrogen) atoms. The molecule has 0 aromatic heterocycles. The Morgan fingerprint density at radius 1 is 1.00 bits per heavy atom. The number of hydrogen-bond acceptors (Lipinski definition) is 0. The molecule has 0 heterocycles. The number of unbranched alkanes of at least 4 members (excludes halogenated alkanes) is 3. The molecule has 0 atom stereocenters. The molecule has 0 aliphatic rings. The van der Waals surface area contributed by atoms with Crippen molar-refractivity contribution in [2.45, 2.75) is 37.9 Å². The molecule has 0 aromatic carbocycles. The van der Waals surface area contributed by atoms with Crippen LogP contribution in [-0.4, -0.2) is 12.3 Å². The normalized spacial score (nSPS) is 7.91. The highest BCUT2D eigenvalue weighted by molar-refractivity contribution is 7.33. The predicted molar refractivity (Wildman–Crippen MR) is 60.9 cm³/mol. The molecule has 0 spiro atoms. The fourth-order valence-electron chi connectivity index (χ4n) is 0.725. The molecule has 5 heteroatoms. The molecule has 0 aliphatic carbocycles. The molecule has 0 aliphatic heterocycles. The second-order valence-electron chi connectivity index (χ2n) is 2.24. The number of hydrogen-bond donors (Lipinski definition) is 0. The Kier molecular flexibility index (Phi) is 23.9. The molecule has 0 fully saturated rings. The van der Waals surface area contributed by atoms with Gasteiger partial charge in [-0.05, 0) is 0 Å². The van der Waals surface area contributed by atoms with Crippen LogP contribution in [0.25, 0.3) is 0 Å². The summed E-state index contributed by atoms with van der Waals surface area (Å²) in [6.07, 6.45) is 5.16. The lowest BCUT2D eigenvalue weighted by Gasteiger charge is -1.94. The van der Waals surface area contributed by atoms with Gasteiger partial charge >= 0.3 is 12.3 Å². The minimum Gasteiger partial charge on any atom is -0.234 e. The van der Waals surface area contributed by atoms with Crippen molar-refractivity contribution in [3.05, 3.63) is 0 Å². The van der Waals surface area contributed by atoms with Crippen molar-refractivity contribution >= 4 is 57.2 Å². The monoisotopic (exact) mass is 254 g/mol. The summed E-state index contributed by atoms with van der Waals surface area (Å²) in [6, 6.07) is 0. The quantitative estimate of drug-likeness (QED) is 0.505. The summed E-state index contributed by atoms with van der Waals surface area (Å²) < 4.78 is 0. The van der Waals surface area contributed by atoms with Gasteiger partial charge in [0.1, 0.15) is 0 Å². The second-order valence-corrected chi connectivity index (χ2v) is 7.43. The van der Waals surface area contributed by atoms with Gasteiger partial charge in [0.2, 0.25) is 0 Å². The van der Waals surface area contributed by atoms with Crippen molar-refractivity contribution in [3.63, 3.8) is 0 Å². The first-order valence-corrected chi connectivity index (χ1v) is 7.86. The molecule has 0 saturated heterocycles. The standard InChI is InChI=1S/C6H13.Al.4ClH/c1-3-5-6-4-2;;;;;/h1,3-6H2,2H3;;4*1H/q;+2;;;;/p-2. The van der Waals surface area contributed by atoms with E-state index in [1.807, 2.05) is 0 Å². The van der Waals surface area contributed by atoms with E-state index in [0.717, 1.165) is 5.28 Å². The lowest BCUT2D eigenvalue weighted by Crippen LogP contribution is -1.90. The average molecular weight is 256 g/mol. The van der Waals surface area contributed by atoms with E-state index in [4.69, 9.17) is 20.1 Å².